The Morgan fingerprint density at radius 3 is 2.31 bits per heavy atom. The van der Waals surface area contributed by atoms with Crippen molar-refractivity contribution in [3.8, 4) is 11.5 Å². The minimum Gasteiger partial charge on any atom is -0.490 e. The Balaban J connectivity index is 1.44. The van der Waals surface area contributed by atoms with Crippen LogP contribution < -0.4 is 14.8 Å². The van der Waals surface area contributed by atoms with Crippen molar-refractivity contribution in [2.75, 3.05) is 18.5 Å². The Morgan fingerprint density at radius 1 is 0.828 bits per heavy atom. The van der Waals surface area contributed by atoms with Crippen LogP contribution in [0.25, 0.3) is 0 Å². The largest absolute Gasteiger partial charge is 0.490 e. The zero-order chi connectivity index (χ0) is 20.5. The van der Waals surface area contributed by atoms with E-state index in [1.165, 1.54) is 24.3 Å². The number of hydrogen-bond donors (Lipinski definition) is 1. The van der Waals surface area contributed by atoms with Gasteiger partial charge in [-0.2, -0.15) is 0 Å². The van der Waals surface area contributed by atoms with Crippen molar-refractivity contribution in [1.82, 2.24) is 0 Å². The van der Waals surface area contributed by atoms with Gasteiger partial charge in [-0.05, 0) is 54.6 Å². The second-order valence-electron chi connectivity index (χ2n) is 5.85. The lowest BCUT2D eigenvalue weighted by molar-refractivity contribution is 0.0450. The van der Waals surface area contributed by atoms with Crippen molar-refractivity contribution in [3.05, 3.63) is 89.4 Å². The first-order chi connectivity index (χ1) is 14.1. The fraction of sp³-hybridized carbons (Fsp3) is 0.0909. The van der Waals surface area contributed by atoms with Crippen LogP contribution in [0.5, 0.6) is 11.5 Å². The average Bonchev–Trinajstić information content (AvgIpc) is 2.72. The van der Waals surface area contributed by atoms with Gasteiger partial charge in [-0.25, -0.2) is 9.59 Å². The number of anilines is 1. The van der Waals surface area contributed by atoms with E-state index in [0.717, 1.165) is 0 Å². The van der Waals surface area contributed by atoms with Crippen LogP contribution >= 0.6 is 11.6 Å². The number of carbonyl (C=O) groups excluding carboxylic acids is 2. The van der Waals surface area contributed by atoms with E-state index in [9.17, 15) is 9.59 Å². The van der Waals surface area contributed by atoms with Crippen molar-refractivity contribution < 1.29 is 23.8 Å². The van der Waals surface area contributed by atoms with Gasteiger partial charge in [0.25, 0.3) is 0 Å². The average molecular weight is 412 g/mol. The summed E-state index contributed by atoms with van der Waals surface area (Å²) in [5.74, 6) is 0.506. The van der Waals surface area contributed by atoms with Crippen molar-refractivity contribution in [3.63, 3.8) is 0 Å². The van der Waals surface area contributed by atoms with Crippen LogP contribution in [0.4, 0.5) is 10.5 Å². The monoisotopic (exact) mass is 411 g/mol. The Morgan fingerprint density at radius 2 is 1.59 bits per heavy atom. The first kappa shape index (κ1) is 20.2. The van der Waals surface area contributed by atoms with E-state index in [1.807, 2.05) is 30.3 Å². The molecule has 0 spiro atoms. The van der Waals surface area contributed by atoms with E-state index in [-0.39, 0.29) is 19.0 Å². The maximum Gasteiger partial charge on any atom is 0.417 e. The summed E-state index contributed by atoms with van der Waals surface area (Å²) in [4.78, 5) is 24.0. The van der Waals surface area contributed by atoms with Crippen LogP contribution in [0.15, 0.2) is 78.9 Å². The molecule has 0 saturated carbocycles. The number of benzene rings is 3. The summed E-state index contributed by atoms with van der Waals surface area (Å²) in [5.41, 5.74) is 0.854. The molecule has 0 saturated heterocycles. The molecule has 1 N–H and O–H groups in total. The topological polar surface area (TPSA) is 73.9 Å². The maximum atomic E-state index is 12.1. The Labute approximate surface area is 173 Å². The highest BCUT2D eigenvalue weighted by Crippen LogP contribution is 2.17. The molecule has 7 heteroatoms. The first-order valence-electron chi connectivity index (χ1n) is 8.79. The lowest BCUT2D eigenvalue weighted by Crippen LogP contribution is -2.16. The van der Waals surface area contributed by atoms with Gasteiger partial charge in [0.2, 0.25) is 0 Å². The summed E-state index contributed by atoms with van der Waals surface area (Å²) in [6.07, 6.45) is -0.666. The van der Waals surface area contributed by atoms with Gasteiger partial charge < -0.3 is 14.2 Å². The summed E-state index contributed by atoms with van der Waals surface area (Å²) in [7, 11) is 0. The molecule has 6 nitrogen and oxygen atoms in total. The molecule has 0 aliphatic heterocycles. The molecule has 1 amide bonds. The summed E-state index contributed by atoms with van der Waals surface area (Å²) in [6.45, 7) is 0.370. The van der Waals surface area contributed by atoms with E-state index in [2.05, 4.69) is 5.32 Å². The number of nitrogens with one attached hydrogen (secondary N) is 1. The van der Waals surface area contributed by atoms with E-state index < -0.39 is 12.1 Å². The summed E-state index contributed by atoms with van der Waals surface area (Å²) >= 11 is 5.87. The second kappa shape index (κ2) is 10.1. The third kappa shape index (κ3) is 6.55. The SMILES string of the molecule is O=C(Nc1cccc(Cl)c1)Oc1ccc(C(=O)OCCOc2ccccc2)cc1. The van der Waals surface area contributed by atoms with Crippen molar-refractivity contribution in [1.29, 1.82) is 0 Å². The minimum absolute atomic E-state index is 0.119. The fourth-order valence-corrected chi connectivity index (χ4v) is 2.56. The third-order valence-corrected chi connectivity index (χ3v) is 3.94. The van der Waals surface area contributed by atoms with E-state index in [1.54, 1.807) is 24.3 Å². The molecule has 0 aliphatic carbocycles. The normalized spacial score (nSPS) is 10.1. The smallest absolute Gasteiger partial charge is 0.417 e. The van der Waals surface area contributed by atoms with Gasteiger partial charge in [0, 0.05) is 10.7 Å². The lowest BCUT2D eigenvalue weighted by Gasteiger charge is -2.09. The van der Waals surface area contributed by atoms with Gasteiger partial charge >= 0.3 is 12.1 Å². The number of ether oxygens (including phenoxy) is 3. The summed E-state index contributed by atoms with van der Waals surface area (Å²) < 4.78 is 15.8. The van der Waals surface area contributed by atoms with Crippen LogP contribution in [-0.2, 0) is 4.74 Å². The molecule has 0 aliphatic rings. The standard InChI is InChI=1S/C22H18ClNO5/c23-17-5-4-6-18(15-17)24-22(26)29-20-11-9-16(10-12-20)21(25)28-14-13-27-19-7-2-1-3-8-19/h1-12,15H,13-14H2,(H,24,26). The van der Waals surface area contributed by atoms with Crippen molar-refractivity contribution >= 4 is 29.4 Å². The molecule has 0 aromatic heterocycles. The van der Waals surface area contributed by atoms with Crippen LogP contribution in [0.3, 0.4) is 0 Å². The maximum absolute atomic E-state index is 12.1. The van der Waals surface area contributed by atoms with Gasteiger partial charge in [0.15, 0.2) is 0 Å². The second-order valence-corrected chi connectivity index (χ2v) is 6.28. The molecule has 29 heavy (non-hydrogen) atoms. The quantitative estimate of drug-likeness (QED) is 0.428. The number of carbonyl (C=O) groups is 2. The van der Waals surface area contributed by atoms with Gasteiger partial charge in [-0.1, -0.05) is 35.9 Å². The van der Waals surface area contributed by atoms with Gasteiger partial charge in [-0.3, -0.25) is 5.32 Å². The van der Waals surface area contributed by atoms with Gasteiger partial charge in [0.05, 0.1) is 5.56 Å². The number of halogens is 1. The molecule has 0 unspecified atom stereocenters. The highest BCUT2D eigenvalue weighted by molar-refractivity contribution is 6.30. The van der Waals surface area contributed by atoms with Crippen LogP contribution in [-0.4, -0.2) is 25.3 Å². The lowest BCUT2D eigenvalue weighted by atomic mass is 10.2. The molecular weight excluding hydrogens is 394 g/mol. The predicted octanol–water partition coefficient (Wildman–Crippen LogP) is 5.19. The number of esters is 1. The summed E-state index contributed by atoms with van der Waals surface area (Å²) in [5, 5.41) is 3.07. The van der Waals surface area contributed by atoms with Crippen LogP contribution in [0.1, 0.15) is 10.4 Å². The van der Waals surface area contributed by atoms with Gasteiger partial charge in [0.1, 0.15) is 24.7 Å². The molecule has 0 bridgehead atoms. The predicted molar refractivity (Wildman–Crippen MR) is 110 cm³/mol. The Bertz CT molecular complexity index is 960. The van der Waals surface area contributed by atoms with E-state index in [4.69, 9.17) is 25.8 Å². The molecule has 0 heterocycles. The highest BCUT2D eigenvalue weighted by atomic mass is 35.5. The highest BCUT2D eigenvalue weighted by Gasteiger charge is 2.10. The zero-order valence-electron chi connectivity index (χ0n) is 15.3. The zero-order valence-corrected chi connectivity index (χ0v) is 16.1. The minimum atomic E-state index is -0.666. The third-order valence-electron chi connectivity index (χ3n) is 3.70. The number of para-hydroxylation sites is 1. The molecule has 148 valence electrons. The van der Waals surface area contributed by atoms with E-state index >= 15 is 0 Å². The Kier molecular flexibility index (Phi) is 7.08. The summed E-state index contributed by atoms with van der Waals surface area (Å²) in [6, 6.07) is 22.0. The number of amides is 1. The number of hydrogen-bond acceptors (Lipinski definition) is 5. The van der Waals surface area contributed by atoms with Crippen LogP contribution in [0.2, 0.25) is 5.02 Å². The molecule has 3 rings (SSSR count). The Hall–Kier alpha value is -3.51. The van der Waals surface area contributed by atoms with Crippen molar-refractivity contribution in [2.24, 2.45) is 0 Å². The fourth-order valence-electron chi connectivity index (χ4n) is 2.37. The number of rotatable bonds is 7. The molecule has 0 radical (unpaired) electrons. The molecule has 0 fully saturated rings. The molecule has 3 aromatic carbocycles. The van der Waals surface area contributed by atoms with Crippen molar-refractivity contribution in [2.45, 2.75) is 0 Å². The molecule has 3 aromatic rings. The van der Waals surface area contributed by atoms with E-state index in [0.29, 0.717) is 22.0 Å². The molecular formula is C22H18ClNO5. The first-order valence-corrected chi connectivity index (χ1v) is 9.17. The van der Waals surface area contributed by atoms with Crippen LogP contribution in [0, 0.1) is 0 Å². The molecule has 0 atom stereocenters. The van der Waals surface area contributed by atoms with Gasteiger partial charge in [-0.15, -0.1) is 0 Å².